The van der Waals surface area contributed by atoms with Crippen molar-refractivity contribution in [3.63, 3.8) is 0 Å². The van der Waals surface area contributed by atoms with Crippen LogP contribution in [0.5, 0.6) is 5.75 Å². The van der Waals surface area contributed by atoms with Gasteiger partial charge >= 0.3 is 0 Å². The van der Waals surface area contributed by atoms with E-state index in [1.54, 1.807) is 12.1 Å². The Bertz CT molecular complexity index is 1280. The topological polar surface area (TPSA) is 56.1 Å². The molecule has 0 aliphatic rings. The number of halogens is 1. The smallest absolute Gasteiger partial charge is 0.254 e. The van der Waals surface area contributed by atoms with Crippen LogP contribution in [0.15, 0.2) is 85.5 Å². The summed E-state index contributed by atoms with van der Waals surface area (Å²) < 4.78 is 22.1. The molecule has 4 rings (SSSR count). The maximum absolute atomic E-state index is 13.8. The Hall–Kier alpha value is -3.93. The number of nitrogens with one attached hydrogen (secondary N) is 1. The van der Waals surface area contributed by atoms with Crippen LogP contribution in [0.25, 0.3) is 11.0 Å². The van der Waals surface area contributed by atoms with Crippen molar-refractivity contribution in [2.75, 3.05) is 13.2 Å². The molecule has 0 aliphatic heterocycles. The number of amides is 1. The Kier molecular flexibility index (Phi) is 7.71. The molecule has 174 valence electrons. The molecule has 0 atom stereocenters. The SMILES string of the molecule is C=CCc1ccccc1OCCn1c(CCCNC(=O)c2ccccc2F)nc2ccccc21. The maximum Gasteiger partial charge on any atom is 0.254 e. The molecular weight excluding hydrogens is 429 g/mol. The number of nitrogens with zero attached hydrogens (tertiary/aromatic N) is 2. The van der Waals surface area contributed by atoms with Gasteiger partial charge in [-0.15, -0.1) is 6.58 Å². The molecule has 6 heteroatoms. The van der Waals surface area contributed by atoms with E-state index in [0.29, 0.717) is 32.5 Å². The predicted octanol–water partition coefficient (Wildman–Crippen LogP) is 5.35. The number of fused-ring (bicyclic) bond motifs is 1. The van der Waals surface area contributed by atoms with E-state index in [0.717, 1.165) is 34.6 Å². The van der Waals surface area contributed by atoms with Gasteiger partial charge in [0, 0.05) is 13.0 Å². The summed E-state index contributed by atoms with van der Waals surface area (Å²) in [7, 11) is 0. The summed E-state index contributed by atoms with van der Waals surface area (Å²) in [6, 6.07) is 22.0. The molecular formula is C28H28FN3O2. The van der Waals surface area contributed by atoms with Crippen LogP contribution in [0, 0.1) is 5.82 Å². The molecule has 0 spiro atoms. The van der Waals surface area contributed by atoms with E-state index in [1.165, 1.54) is 12.1 Å². The molecule has 5 nitrogen and oxygen atoms in total. The minimum Gasteiger partial charge on any atom is -0.491 e. The average molecular weight is 458 g/mol. The van der Waals surface area contributed by atoms with E-state index >= 15 is 0 Å². The molecule has 0 bridgehead atoms. The number of imidazole rings is 1. The lowest BCUT2D eigenvalue weighted by atomic mass is 10.1. The average Bonchev–Trinajstić information content (AvgIpc) is 3.20. The summed E-state index contributed by atoms with van der Waals surface area (Å²) in [6.07, 6.45) is 3.99. The van der Waals surface area contributed by atoms with Crippen LogP contribution in [0.3, 0.4) is 0 Å². The molecule has 0 unspecified atom stereocenters. The third-order valence-electron chi connectivity index (χ3n) is 5.62. The molecule has 1 heterocycles. The molecule has 1 N–H and O–H groups in total. The zero-order valence-electron chi connectivity index (χ0n) is 19.0. The van der Waals surface area contributed by atoms with Gasteiger partial charge in [-0.3, -0.25) is 4.79 Å². The van der Waals surface area contributed by atoms with E-state index < -0.39 is 11.7 Å². The Morgan fingerprint density at radius 2 is 1.82 bits per heavy atom. The van der Waals surface area contributed by atoms with Crippen LogP contribution in [0.1, 0.15) is 28.2 Å². The summed E-state index contributed by atoms with van der Waals surface area (Å²) >= 11 is 0. The molecule has 1 amide bonds. The number of carbonyl (C=O) groups excluding carboxylic acids is 1. The van der Waals surface area contributed by atoms with Crippen molar-refractivity contribution < 1.29 is 13.9 Å². The highest BCUT2D eigenvalue weighted by atomic mass is 19.1. The monoisotopic (exact) mass is 457 g/mol. The van der Waals surface area contributed by atoms with Gasteiger partial charge in [0.1, 0.15) is 24.0 Å². The minimum absolute atomic E-state index is 0.0589. The van der Waals surface area contributed by atoms with Gasteiger partial charge < -0.3 is 14.6 Å². The highest BCUT2D eigenvalue weighted by molar-refractivity contribution is 5.94. The molecule has 0 saturated carbocycles. The van der Waals surface area contributed by atoms with E-state index in [4.69, 9.17) is 9.72 Å². The number of aryl methyl sites for hydroxylation is 1. The number of hydrogen-bond donors (Lipinski definition) is 1. The zero-order valence-corrected chi connectivity index (χ0v) is 19.0. The van der Waals surface area contributed by atoms with Crippen molar-refractivity contribution >= 4 is 16.9 Å². The van der Waals surface area contributed by atoms with Crippen molar-refractivity contribution in [2.24, 2.45) is 0 Å². The Balaban J connectivity index is 1.39. The Morgan fingerprint density at radius 3 is 2.68 bits per heavy atom. The fourth-order valence-electron chi connectivity index (χ4n) is 3.97. The first-order valence-corrected chi connectivity index (χ1v) is 11.5. The number of ether oxygens (including phenoxy) is 1. The van der Waals surface area contributed by atoms with Gasteiger partial charge in [0.05, 0.1) is 23.1 Å². The van der Waals surface area contributed by atoms with Crippen LogP contribution in [-0.2, 0) is 19.4 Å². The van der Waals surface area contributed by atoms with E-state index in [1.807, 2.05) is 48.5 Å². The molecule has 0 fully saturated rings. The van der Waals surface area contributed by atoms with Gasteiger partial charge in [-0.1, -0.05) is 48.5 Å². The van der Waals surface area contributed by atoms with Crippen molar-refractivity contribution in [2.45, 2.75) is 25.8 Å². The number of carbonyl (C=O) groups is 1. The first kappa shape index (κ1) is 23.2. The molecule has 0 saturated heterocycles. The number of aromatic nitrogens is 2. The highest BCUT2D eigenvalue weighted by Gasteiger charge is 2.13. The van der Waals surface area contributed by atoms with Crippen molar-refractivity contribution in [3.05, 3.63) is 108 Å². The van der Waals surface area contributed by atoms with Crippen LogP contribution in [0.2, 0.25) is 0 Å². The number of para-hydroxylation sites is 3. The van der Waals surface area contributed by atoms with Crippen LogP contribution >= 0.6 is 0 Å². The third-order valence-corrected chi connectivity index (χ3v) is 5.62. The van der Waals surface area contributed by atoms with Gasteiger partial charge in [0.25, 0.3) is 5.91 Å². The lowest BCUT2D eigenvalue weighted by molar-refractivity contribution is 0.0949. The number of rotatable bonds is 11. The van der Waals surface area contributed by atoms with Gasteiger partial charge in [-0.2, -0.15) is 0 Å². The van der Waals surface area contributed by atoms with Gasteiger partial charge in [0.2, 0.25) is 0 Å². The standard InChI is InChI=1S/C28H28FN3O2/c1-2-10-21-11-3-8-16-26(21)34-20-19-32-25-15-7-6-14-24(25)31-27(32)17-9-18-30-28(33)22-12-4-5-13-23(22)29/h2-8,11-16H,1,9-10,17-20H2,(H,30,33). The van der Waals surface area contributed by atoms with Gasteiger partial charge in [-0.25, -0.2) is 9.37 Å². The predicted molar refractivity (Wildman–Crippen MR) is 133 cm³/mol. The van der Waals surface area contributed by atoms with Crippen molar-refractivity contribution in [3.8, 4) is 5.75 Å². The van der Waals surface area contributed by atoms with E-state index in [2.05, 4.69) is 22.5 Å². The normalized spacial score (nSPS) is 10.9. The quantitative estimate of drug-likeness (QED) is 0.244. The fraction of sp³-hybridized carbons (Fsp3) is 0.214. The van der Waals surface area contributed by atoms with Crippen molar-refractivity contribution in [1.29, 1.82) is 0 Å². The summed E-state index contributed by atoms with van der Waals surface area (Å²) in [4.78, 5) is 17.0. The number of allylic oxidation sites excluding steroid dienone is 1. The molecule has 3 aromatic carbocycles. The molecule has 0 radical (unpaired) electrons. The van der Waals surface area contributed by atoms with Crippen LogP contribution in [-0.4, -0.2) is 28.6 Å². The summed E-state index contributed by atoms with van der Waals surface area (Å²) in [6.45, 7) is 5.41. The molecule has 0 aliphatic carbocycles. The molecule has 4 aromatic rings. The second-order valence-electron chi connectivity index (χ2n) is 7.96. The first-order valence-electron chi connectivity index (χ1n) is 11.5. The minimum atomic E-state index is -0.517. The maximum atomic E-state index is 13.8. The van der Waals surface area contributed by atoms with Crippen molar-refractivity contribution in [1.82, 2.24) is 14.9 Å². The molecule has 34 heavy (non-hydrogen) atoms. The Labute approximate surface area is 198 Å². The number of benzene rings is 3. The van der Waals surface area contributed by atoms with Gasteiger partial charge in [-0.05, 0) is 48.7 Å². The third kappa shape index (κ3) is 5.52. The van der Waals surface area contributed by atoms with E-state index in [9.17, 15) is 9.18 Å². The summed E-state index contributed by atoms with van der Waals surface area (Å²) in [5.74, 6) is 0.878. The van der Waals surface area contributed by atoms with Crippen LogP contribution < -0.4 is 10.1 Å². The second-order valence-corrected chi connectivity index (χ2v) is 7.96. The van der Waals surface area contributed by atoms with Crippen LogP contribution in [0.4, 0.5) is 4.39 Å². The Morgan fingerprint density at radius 1 is 1.06 bits per heavy atom. The highest BCUT2D eigenvalue weighted by Crippen LogP contribution is 2.20. The largest absolute Gasteiger partial charge is 0.491 e. The molecule has 1 aromatic heterocycles. The lowest BCUT2D eigenvalue weighted by Gasteiger charge is -2.13. The zero-order chi connectivity index (χ0) is 23.8. The van der Waals surface area contributed by atoms with Gasteiger partial charge in [0.15, 0.2) is 0 Å². The first-order chi connectivity index (χ1) is 16.7. The number of hydrogen-bond acceptors (Lipinski definition) is 3. The fourth-order valence-corrected chi connectivity index (χ4v) is 3.97. The summed E-state index contributed by atoms with van der Waals surface area (Å²) in [5, 5.41) is 2.80. The lowest BCUT2D eigenvalue weighted by Crippen LogP contribution is -2.26. The summed E-state index contributed by atoms with van der Waals surface area (Å²) in [5.41, 5.74) is 3.15. The second kappa shape index (κ2) is 11.3. The van der Waals surface area contributed by atoms with E-state index in [-0.39, 0.29) is 5.56 Å².